The summed E-state index contributed by atoms with van der Waals surface area (Å²) in [6, 6.07) is 13.7. The van der Waals surface area contributed by atoms with Crippen molar-refractivity contribution < 1.29 is 36.9 Å². The predicted octanol–water partition coefficient (Wildman–Crippen LogP) is 7.69. The molecule has 1 aromatic heterocycles. The van der Waals surface area contributed by atoms with Gasteiger partial charge in [0.15, 0.2) is 0 Å². The summed E-state index contributed by atoms with van der Waals surface area (Å²) in [5.74, 6) is -0.267. The molecule has 0 radical (unpaired) electrons. The number of ether oxygens (including phenoxy) is 4. The van der Waals surface area contributed by atoms with Crippen LogP contribution in [0.15, 0.2) is 54.7 Å². The van der Waals surface area contributed by atoms with E-state index < -0.39 is 34.7 Å². The van der Waals surface area contributed by atoms with Gasteiger partial charge in [0.1, 0.15) is 34.2 Å². The van der Waals surface area contributed by atoms with Gasteiger partial charge in [0.25, 0.3) is 0 Å². The van der Waals surface area contributed by atoms with Crippen LogP contribution >= 0.6 is 11.3 Å². The van der Waals surface area contributed by atoms with Crippen molar-refractivity contribution in [2.45, 2.75) is 71.0 Å². The molecular weight excluding hydrogens is 569 g/mol. The highest BCUT2D eigenvalue weighted by Crippen LogP contribution is 2.46. The van der Waals surface area contributed by atoms with Gasteiger partial charge in [-0.05, 0) is 77.3 Å². The van der Waals surface area contributed by atoms with Crippen molar-refractivity contribution in [3.63, 3.8) is 0 Å². The average molecular weight is 607 g/mol. The molecule has 0 N–H and O–H groups in total. The van der Waals surface area contributed by atoms with Crippen molar-refractivity contribution in [2.75, 3.05) is 26.4 Å². The second kappa shape index (κ2) is 12.2. The van der Waals surface area contributed by atoms with Gasteiger partial charge >= 0.3 is 12.3 Å². The first-order valence-electron chi connectivity index (χ1n) is 13.7. The van der Waals surface area contributed by atoms with Gasteiger partial charge in [0.05, 0.1) is 30.3 Å². The molecule has 1 atom stereocenters. The van der Waals surface area contributed by atoms with Crippen molar-refractivity contribution in [3.05, 3.63) is 70.9 Å². The Balaban J connectivity index is 1.48. The lowest BCUT2D eigenvalue weighted by atomic mass is 10.0. The fourth-order valence-corrected chi connectivity index (χ4v) is 5.80. The van der Waals surface area contributed by atoms with Crippen molar-refractivity contribution >= 4 is 17.4 Å². The average Bonchev–Trinajstić information content (AvgIpc) is 3.48. The zero-order valence-electron chi connectivity index (χ0n) is 24.7. The number of nitrogens with zero attached hydrogens (tertiary/aromatic N) is 2. The lowest BCUT2D eigenvalue weighted by Crippen LogP contribution is -2.53. The Kier molecular flexibility index (Phi) is 9.25. The Morgan fingerprint density at radius 3 is 2.43 bits per heavy atom. The Morgan fingerprint density at radius 2 is 1.76 bits per heavy atom. The highest BCUT2D eigenvalue weighted by Gasteiger charge is 2.55. The SMILES string of the molecule is CC(C)(C)OC(=O)N1C(C)(C)OCC1(C)c1ncc(-c2ccc(OCCOCCc3ccccc3)c(C(F)(F)F)c2)s1. The Bertz CT molecular complexity index is 1370. The first-order valence-corrected chi connectivity index (χ1v) is 14.5. The number of rotatable bonds is 9. The van der Waals surface area contributed by atoms with Gasteiger partial charge in [0, 0.05) is 6.20 Å². The molecule has 7 nitrogen and oxygen atoms in total. The van der Waals surface area contributed by atoms with Gasteiger partial charge in [-0.1, -0.05) is 30.3 Å². The second-order valence-corrected chi connectivity index (χ2v) is 12.8. The molecule has 1 unspecified atom stereocenters. The highest BCUT2D eigenvalue weighted by molar-refractivity contribution is 7.15. The number of hydrogen-bond donors (Lipinski definition) is 0. The molecule has 2 aromatic carbocycles. The molecule has 0 aliphatic carbocycles. The smallest absolute Gasteiger partial charge is 0.419 e. The third-order valence-electron chi connectivity index (χ3n) is 6.71. The molecule has 4 rings (SSSR count). The number of alkyl halides is 3. The monoisotopic (exact) mass is 606 g/mol. The molecule has 0 spiro atoms. The van der Waals surface area contributed by atoms with Gasteiger partial charge in [-0.3, -0.25) is 4.90 Å². The third kappa shape index (κ3) is 7.43. The van der Waals surface area contributed by atoms with Gasteiger partial charge in [-0.15, -0.1) is 11.3 Å². The fourth-order valence-electron chi connectivity index (χ4n) is 4.76. The number of thiazole rings is 1. The van der Waals surface area contributed by atoms with E-state index >= 15 is 0 Å². The van der Waals surface area contributed by atoms with E-state index in [0.717, 1.165) is 11.6 Å². The molecule has 1 aliphatic heterocycles. The molecular formula is C31H37F3N2O5S. The summed E-state index contributed by atoms with van der Waals surface area (Å²) in [6.07, 6.45) is -2.97. The molecule has 1 fully saturated rings. The van der Waals surface area contributed by atoms with Gasteiger partial charge in [0.2, 0.25) is 0 Å². The summed E-state index contributed by atoms with van der Waals surface area (Å²) >= 11 is 1.20. The summed E-state index contributed by atoms with van der Waals surface area (Å²) in [5, 5.41) is 0.524. The standard InChI is InChI=1S/C31H37F3N2O5S/c1-28(2,3)41-27(37)36-29(4,5)40-20-30(36,6)26-35-19-25(42-26)22-12-13-24(23(18-22)31(32,33)34)39-17-16-38-15-14-21-10-8-7-9-11-21/h7-13,18-19H,14-17,20H2,1-6H3. The Morgan fingerprint density at radius 1 is 1.05 bits per heavy atom. The van der Waals surface area contributed by atoms with E-state index in [1.807, 2.05) is 37.3 Å². The van der Waals surface area contributed by atoms with E-state index in [2.05, 4.69) is 4.98 Å². The van der Waals surface area contributed by atoms with Crippen molar-refractivity contribution in [2.24, 2.45) is 0 Å². The minimum Gasteiger partial charge on any atom is -0.491 e. The number of carbonyl (C=O) groups excluding carboxylic acids is 1. The lowest BCUT2D eigenvalue weighted by Gasteiger charge is -2.39. The summed E-state index contributed by atoms with van der Waals surface area (Å²) < 4.78 is 64.7. The van der Waals surface area contributed by atoms with Crippen LogP contribution in [0.2, 0.25) is 0 Å². The fraction of sp³-hybridized carbons (Fsp3) is 0.484. The molecule has 42 heavy (non-hydrogen) atoms. The summed E-state index contributed by atoms with van der Waals surface area (Å²) in [6.45, 7) is 11.4. The number of benzene rings is 2. The summed E-state index contributed by atoms with van der Waals surface area (Å²) in [7, 11) is 0. The first kappa shape index (κ1) is 31.8. The molecule has 1 aliphatic rings. The second-order valence-electron chi connectivity index (χ2n) is 11.8. The zero-order valence-corrected chi connectivity index (χ0v) is 25.5. The number of halogens is 3. The van der Waals surface area contributed by atoms with Crippen molar-refractivity contribution in [1.82, 2.24) is 9.88 Å². The maximum atomic E-state index is 14.0. The molecule has 228 valence electrons. The van der Waals surface area contributed by atoms with E-state index in [1.54, 1.807) is 40.7 Å². The van der Waals surface area contributed by atoms with Crippen LogP contribution in [0.1, 0.15) is 57.7 Å². The summed E-state index contributed by atoms with van der Waals surface area (Å²) in [5.41, 5.74) is -2.11. The van der Waals surface area contributed by atoms with Crippen LogP contribution in [-0.2, 0) is 32.3 Å². The normalized spacial score (nSPS) is 18.7. The number of aromatic nitrogens is 1. The van der Waals surface area contributed by atoms with E-state index in [0.29, 0.717) is 28.5 Å². The Labute approximate surface area is 248 Å². The molecule has 11 heteroatoms. The maximum absolute atomic E-state index is 14.0. The lowest BCUT2D eigenvalue weighted by molar-refractivity contribution is -0.139. The van der Waals surface area contributed by atoms with Gasteiger partial charge in [-0.25, -0.2) is 9.78 Å². The van der Waals surface area contributed by atoms with Crippen LogP contribution in [-0.4, -0.2) is 53.7 Å². The number of amides is 1. The maximum Gasteiger partial charge on any atom is 0.419 e. The first-order chi connectivity index (χ1) is 19.6. The quantitative estimate of drug-likeness (QED) is 0.233. The van der Waals surface area contributed by atoms with Crippen LogP contribution in [0.4, 0.5) is 18.0 Å². The molecule has 2 heterocycles. The van der Waals surface area contributed by atoms with E-state index in [9.17, 15) is 18.0 Å². The zero-order chi connectivity index (χ0) is 30.8. The van der Waals surface area contributed by atoms with Crippen molar-refractivity contribution in [1.29, 1.82) is 0 Å². The van der Waals surface area contributed by atoms with E-state index in [-0.39, 0.29) is 25.6 Å². The largest absolute Gasteiger partial charge is 0.491 e. The molecule has 1 saturated heterocycles. The summed E-state index contributed by atoms with van der Waals surface area (Å²) in [4.78, 5) is 19.7. The van der Waals surface area contributed by atoms with Crippen LogP contribution in [0, 0.1) is 0 Å². The predicted molar refractivity (Wildman–Crippen MR) is 154 cm³/mol. The topological polar surface area (TPSA) is 70.1 Å². The van der Waals surface area contributed by atoms with E-state index in [4.69, 9.17) is 18.9 Å². The van der Waals surface area contributed by atoms with Crippen LogP contribution in [0.25, 0.3) is 10.4 Å². The minimum atomic E-state index is -4.63. The van der Waals surface area contributed by atoms with Gasteiger partial charge in [-0.2, -0.15) is 13.2 Å². The number of hydrogen-bond acceptors (Lipinski definition) is 7. The third-order valence-corrected chi connectivity index (χ3v) is 8.01. The van der Waals surface area contributed by atoms with Crippen LogP contribution in [0.3, 0.4) is 0 Å². The van der Waals surface area contributed by atoms with Gasteiger partial charge < -0.3 is 18.9 Å². The van der Waals surface area contributed by atoms with E-state index in [1.165, 1.54) is 28.5 Å². The molecule has 0 bridgehead atoms. The minimum absolute atomic E-state index is 0.0173. The van der Waals surface area contributed by atoms with Crippen LogP contribution < -0.4 is 4.74 Å². The van der Waals surface area contributed by atoms with Crippen molar-refractivity contribution in [3.8, 4) is 16.2 Å². The molecule has 0 saturated carbocycles. The number of carbonyl (C=O) groups is 1. The molecule has 3 aromatic rings. The Hall–Kier alpha value is -3.15. The van der Waals surface area contributed by atoms with Crippen LogP contribution in [0.5, 0.6) is 5.75 Å². The highest BCUT2D eigenvalue weighted by atomic mass is 32.1. The molecule has 1 amide bonds.